The summed E-state index contributed by atoms with van der Waals surface area (Å²) in [5, 5.41) is 2.93. The van der Waals surface area contributed by atoms with E-state index in [1.165, 1.54) is 23.6 Å². The molecule has 1 saturated heterocycles. The molecule has 1 aromatic rings. The van der Waals surface area contributed by atoms with Crippen molar-refractivity contribution >= 4 is 19.1 Å². The summed E-state index contributed by atoms with van der Waals surface area (Å²) in [7, 11) is -0.489. The first-order valence-corrected chi connectivity index (χ1v) is 10.3. The largest absolute Gasteiger partial charge is 0.492 e. The second-order valence-electron chi connectivity index (χ2n) is 9.38. The van der Waals surface area contributed by atoms with Crippen LogP contribution in [0.25, 0.3) is 6.08 Å². The van der Waals surface area contributed by atoms with Crippen LogP contribution in [-0.4, -0.2) is 30.8 Å². The van der Waals surface area contributed by atoms with Gasteiger partial charge in [-0.3, -0.25) is 4.79 Å². The third-order valence-corrected chi connectivity index (χ3v) is 5.84. The van der Waals surface area contributed by atoms with E-state index in [-0.39, 0.29) is 5.91 Å². The monoisotopic (exact) mass is 385 g/mol. The standard InChI is InChI=1S/C23H36BNO3/c1-15(2)19-11-10-12-20(16(3)4)21(19)13-18(14-25-17(5)26)24-27-22(6,7)23(8,9)28-24/h10-13,15-16H,14H2,1-9H3,(H,25,26). The van der Waals surface area contributed by atoms with Crippen LogP contribution in [0.1, 0.15) is 90.8 Å². The average Bonchev–Trinajstić information content (AvgIpc) is 2.78. The summed E-state index contributed by atoms with van der Waals surface area (Å²) in [5.74, 6) is 0.721. The molecule has 28 heavy (non-hydrogen) atoms. The van der Waals surface area contributed by atoms with Gasteiger partial charge in [0, 0.05) is 13.5 Å². The SMILES string of the molecule is CC(=O)NCC(=Cc1c(C(C)C)cccc1C(C)C)B1OC(C)(C)C(C)(C)O1. The number of hydrogen-bond acceptors (Lipinski definition) is 3. The maximum absolute atomic E-state index is 11.6. The van der Waals surface area contributed by atoms with Crippen molar-refractivity contribution in [1.82, 2.24) is 5.32 Å². The zero-order valence-corrected chi connectivity index (χ0v) is 19.0. The van der Waals surface area contributed by atoms with Crippen LogP contribution in [0.5, 0.6) is 0 Å². The van der Waals surface area contributed by atoms with Crippen LogP contribution in [0.2, 0.25) is 0 Å². The van der Waals surface area contributed by atoms with Crippen molar-refractivity contribution in [2.45, 2.75) is 85.4 Å². The molecule has 1 aliphatic heterocycles. The Labute approximate surface area is 171 Å². The number of amides is 1. The van der Waals surface area contributed by atoms with E-state index in [1.807, 2.05) is 27.7 Å². The highest BCUT2D eigenvalue weighted by molar-refractivity contribution is 6.56. The fourth-order valence-corrected chi connectivity index (χ4v) is 3.38. The third kappa shape index (κ3) is 4.87. The summed E-state index contributed by atoms with van der Waals surface area (Å²) in [6.07, 6.45) is 2.17. The smallest absolute Gasteiger partial charge is 0.400 e. The van der Waals surface area contributed by atoms with Crippen molar-refractivity contribution in [3.05, 3.63) is 40.4 Å². The number of benzene rings is 1. The van der Waals surface area contributed by atoms with E-state index in [2.05, 4.69) is 57.3 Å². The molecule has 2 rings (SSSR count). The molecule has 0 saturated carbocycles. The van der Waals surface area contributed by atoms with Gasteiger partial charge in [-0.1, -0.05) is 52.0 Å². The highest BCUT2D eigenvalue weighted by Crippen LogP contribution is 2.39. The minimum absolute atomic E-state index is 0.0661. The van der Waals surface area contributed by atoms with Crippen LogP contribution in [0.4, 0.5) is 0 Å². The maximum atomic E-state index is 11.6. The lowest BCUT2D eigenvalue weighted by Gasteiger charge is -2.32. The Kier molecular flexibility index (Phi) is 6.83. The molecule has 1 aliphatic rings. The van der Waals surface area contributed by atoms with E-state index in [0.717, 1.165) is 5.47 Å². The van der Waals surface area contributed by atoms with Crippen LogP contribution in [0.3, 0.4) is 0 Å². The first kappa shape index (κ1) is 22.7. The van der Waals surface area contributed by atoms with Crippen LogP contribution in [0, 0.1) is 0 Å². The summed E-state index contributed by atoms with van der Waals surface area (Å²) in [4.78, 5) is 11.6. The first-order chi connectivity index (χ1) is 12.9. The number of hydrogen-bond donors (Lipinski definition) is 1. The second kappa shape index (κ2) is 8.42. The van der Waals surface area contributed by atoms with E-state index >= 15 is 0 Å². The zero-order valence-electron chi connectivity index (χ0n) is 19.0. The molecule has 1 amide bonds. The van der Waals surface area contributed by atoms with E-state index in [0.29, 0.717) is 18.4 Å². The van der Waals surface area contributed by atoms with Gasteiger partial charge in [0.05, 0.1) is 11.2 Å². The summed E-state index contributed by atoms with van der Waals surface area (Å²) in [5.41, 5.74) is 3.88. The molecule has 0 aliphatic carbocycles. The molecule has 1 fully saturated rings. The van der Waals surface area contributed by atoms with Crippen molar-refractivity contribution in [2.75, 3.05) is 6.54 Å². The molecule has 1 aromatic carbocycles. The predicted molar refractivity (Wildman–Crippen MR) is 117 cm³/mol. The first-order valence-electron chi connectivity index (χ1n) is 10.3. The fourth-order valence-electron chi connectivity index (χ4n) is 3.38. The summed E-state index contributed by atoms with van der Waals surface area (Å²) in [6, 6.07) is 6.50. The van der Waals surface area contributed by atoms with E-state index in [9.17, 15) is 4.79 Å². The molecule has 0 unspecified atom stereocenters. The Hall–Kier alpha value is -1.59. The number of nitrogens with one attached hydrogen (secondary N) is 1. The molecule has 154 valence electrons. The number of rotatable bonds is 6. The van der Waals surface area contributed by atoms with Gasteiger partial charge >= 0.3 is 7.12 Å². The molecular formula is C23H36BNO3. The van der Waals surface area contributed by atoms with Crippen molar-refractivity contribution in [3.63, 3.8) is 0 Å². The Morgan fingerprint density at radius 1 is 1.04 bits per heavy atom. The van der Waals surface area contributed by atoms with Gasteiger partial charge in [0.25, 0.3) is 0 Å². The lowest BCUT2D eigenvalue weighted by molar-refractivity contribution is -0.118. The van der Waals surface area contributed by atoms with Crippen molar-refractivity contribution in [1.29, 1.82) is 0 Å². The molecule has 0 radical (unpaired) electrons. The third-order valence-electron chi connectivity index (χ3n) is 5.84. The molecule has 0 aromatic heterocycles. The van der Waals surface area contributed by atoms with E-state index in [1.54, 1.807) is 0 Å². The quantitative estimate of drug-likeness (QED) is 0.695. The molecule has 4 nitrogen and oxygen atoms in total. The minimum Gasteiger partial charge on any atom is -0.400 e. The fraction of sp³-hybridized carbons (Fsp3) is 0.609. The molecule has 0 atom stereocenters. The van der Waals surface area contributed by atoms with Crippen LogP contribution >= 0.6 is 0 Å². The van der Waals surface area contributed by atoms with Gasteiger partial charge in [0.1, 0.15) is 0 Å². The predicted octanol–water partition coefficient (Wildman–Crippen LogP) is 5.08. The Morgan fingerprint density at radius 3 is 1.89 bits per heavy atom. The van der Waals surface area contributed by atoms with Gasteiger partial charge in [-0.2, -0.15) is 0 Å². The average molecular weight is 385 g/mol. The van der Waals surface area contributed by atoms with Crippen molar-refractivity contribution in [3.8, 4) is 0 Å². The normalized spacial score (nSPS) is 18.8. The van der Waals surface area contributed by atoms with Crippen LogP contribution < -0.4 is 5.32 Å². The van der Waals surface area contributed by atoms with Gasteiger partial charge in [0.2, 0.25) is 5.91 Å². The Bertz CT molecular complexity index is 708. The van der Waals surface area contributed by atoms with Gasteiger partial charge in [0.15, 0.2) is 0 Å². The molecule has 5 heteroatoms. The van der Waals surface area contributed by atoms with Gasteiger partial charge in [-0.25, -0.2) is 0 Å². The molecule has 0 spiro atoms. The number of carbonyl (C=O) groups is 1. The Balaban J connectivity index is 2.56. The summed E-state index contributed by atoms with van der Waals surface area (Å²) >= 11 is 0. The molecule has 0 bridgehead atoms. The lowest BCUT2D eigenvalue weighted by Crippen LogP contribution is -2.41. The highest BCUT2D eigenvalue weighted by Gasteiger charge is 2.52. The zero-order chi connectivity index (χ0) is 21.3. The molecule has 1 N–H and O–H groups in total. The number of carbonyl (C=O) groups excluding carboxylic acids is 1. The van der Waals surface area contributed by atoms with Crippen molar-refractivity contribution in [2.24, 2.45) is 0 Å². The maximum Gasteiger partial charge on any atom is 0.492 e. The second-order valence-corrected chi connectivity index (χ2v) is 9.38. The minimum atomic E-state index is -0.489. The Morgan fingerprint density at radius 2 is 1.50 bits per heavy atom. The molecular weight excluding hydrogens is 349 g/mol. The van der Waals surface area contributed by atoms with E-state index < -0.39 is 18.3 Å². The van der Waals surface area contributed by atoms with Gasteiger partial charge in [-0.15, -0.1) is 0 Å². The van der Waals surface area contributed by atoms with Gasteiger partial charge < -0.3 is 14.6 Å². The summed E-state index contributed by atoms with van der Waals surface area (Å²) < 4.78 is 12.6. The topological polar surface area (TPSA) is 47.6 Å². The van der Waals surface area contributed by atoms with E-state index in [4.69, 9.17) is 9.31 Å². The summed E-state index contributed by atoms with van der Waals surface area (Å²) in [6.45, 7) is 18.9. The van der Waals surface area contributed by atoms with Crippen LogP contribution in [-0.2, 0) is 14.1 Å². The van der Waals surface area contributed by atoms with Gasteiger partial charge in [-0.05, 0) is 61.7 Å². The van der Waals surface area contributed by atoms with Crippen molar-refractivity contribution < 1.29 is 14.1 Å². The lowest BCUT2D eigenvalue weighted by atomic mass is 9.75. The molecule has 1 heterocycles. The van der Waals surface area contributed by atoms with Crippen LogP contribution in [0.15, 0.2) is 23.7 Å². The highest BCUT2D eigenvalue weighted by atomic mass is 16.7.